The van der Waals surface area contributed by atoms with Gasteiger partial charge in [-0.2, -0.15) is 5.10 Å². The summed E-state index contributed by atoms with van der Waals surface area (Å²) in [6.07, 6.45) is 12.1. The van der Waals surface area contributed by atoms with E-state index in [2.05, 4.69) is 60.8 Å². The van der Waals surface area contributed by atoms with Crippen molar-refractivity contribution in [3.05, 3.63) is 83.4 Å². The fourth-order valence-corrected chi connectivity index (χ4v) is 5.90. The van der Waals surface area contributed by atoms with Crippen LogP contribution in [0.25, 0.3) is 11.8 Å². The van der Waals surface area contributed by atoms with Crippen molar-refractivity contribution < 1.29 is 9.84 Å². The molecule has 2 heterocycles. The molecule has 0 bridgehead atoms. The average Bonchev–Trinajstić information content (AvgIpc) is 3.40. The van der Waals surface area contributed by atoms with Gasteiger partial charge in [-0.25, -0.2) is 4.68 Å². The molecule has 0 radical (unpaired) electrons. The second kappa shape index (κ2) is 9.12. The molecule has 1 aromatic carbocycles. The summed E-state index contributed by atoms with van der Waals surface area (Å²) in [5, 5.41) is 16.0. The monoisotopic (exact) mass is 457 g/mol. The molecule has 2 aliphatic rings. The maximum absolute atomic E-state index is 11.3. The molecule has 1 fully saturated rings. The smallest absolute Gasteiger partial charge is 0.0811 e. The third-order valence-corrected chi connectivity index (χ3v) is 8.37. The van der Waals surface area contributed by atoms with Crippen LogP contribution in [0, 0.1) is 10.8 Å². The quantitative estimate of drug-likeness (QED) is 0.455. The molecule has 1 saturated carbocycles. The first-order chi connectivity index (χ1) is 16.5. The average molecular weight is 458 g/mol. The van der Waals surface area contributed by atoms with Gasteiger partial charge in [-0.05, 0) is 74.4 Å². The van der Waals surface area contributed by atoms with Crippen molar-refractivity contribution in [3.8, 4) is 5.69 Å². The molecule has 1 N–H and O–H groups in total. The topological polar surface area (TPSA) is 60.2 Å². The lowest BCUT2D eigenvalue weighted by Gasteiger charge is -2.47. The Morgan fingerprint density at radius 3 is 2.71 bits per heavy atom. The van der Waals surface area contributed by atoms with Crippen LogP contribution >= 0.6 is 0 Å². The Hall–Kier alpha value is -2.76. The molecule has 4 unspecified atom stereocenters. The summed E-state index contributed by atoms with van der Waals surface area (Å²) in [5.74, 6) is 0. The van der Waals surface area contributed by atoms with Crippen LogP contribution in [0.5, 0.6) is 0 Å². The SMILES string of the molecule is CCC(C)OCC1(CC(O)c2cccnc2)CCC2=Cc3c(cnn3-c3ccccc3)CC21C. The maximum atomic E-state index is 11.3. The van der Waals surface area contributed by atoms with Crippen LogP contribution in [0.2, 0.25) is 0 Å². The number of rotatable bonds is 8. The number of hydrogen-bond acceptors (Lipinski definition) is 4. The number of aliphatic hydroxyl groups is 1. The minimum Gasteiger partial charge on any atom is -0.388 e. The third-order valence-electron chi connectivity index (χ3n) is 8.37. The number of para-hydroxylation sites is 1. The van der Waals surface area contributed by atoms with E-state index in [0.717, 1.165) is 36.9 Å². The fraction of sp³-hybridized carbons (Fsp3) is 0.448. The largest absolute Gasteiger partial charge is 0.388 e. The van der Waals surface area contributed by atoms with E-state index in [9.17, 15) is 5.11 Å². The molecule has 5 heteroatoms. The summed E-state index contributed by atoms with van der Waals surface area (Å²) < 4.78 is 8.47. The van der Waals surface area contributed by atoms with Crippen LogP contribution in [-0.2, 0) is 11.2 Å². The van der Waals surface area contributed by atoms with E-state index in [1.807, 2.05) is 24.4 Å². The lowest BCUT2D eigenvalue weighted by Crippen LogP contribution is -2.44. The van der Waals surface area contributed by atoms with Crippen molar-refractivity contribution in [3.63, 3.8) is 0 Å². The number of fused-ring (bicyclic) bond motifs is 2. The Bertz CT molecular complexity index is 1160. The molecule has 0 amide bonds. The lowest BCUT2D eigenvalue weighted by molar-refractivity contribution is -0.0669. The Labute approximate surface area is 202 Å². The number of aromatic nitrogens is 3. The number of allylic oxidation sites excluding steroid dienone is 1. The van der Waals surface area contributed by atoms with Crippen LogP contribution in [0.3, 0.4) is 0 Å². The number of hydrogen-bond donors (Lipinski definition) is 1. The molecule has 2 aromatic heterocycles. The Kier molecular flexibility index (Phi) is 6.17. The third kappa shape index (κ3) is 3.91. The van der Waals surface area contributed by atoms with Crippen LogP contribution < -0.4 is 0 Å². The van der Waals surface area contributed by atoms with Crippen LogP contribution in [-0.4, -0.2) is 32.6 Å². The van der Waals surface area contributed by atoms with Gasteiger partial charge >= 0.3 is 0 Å². The van der Waals surface area contributed by atoms with Gasteiger partial charge in [-0.15, -0.1) is 0 Å². The zero-order valence-electron chi connectivity index (χ0n) is 20.4. The molecule has 5 nitrogen and oxygen atoms in total. The van der Waals surface area contributed by atoms with Gasteiger partial charge in [0.1, 0.15) is 0 Å². The predicted octanol–water partition coefficient (Wildman–Crippen LogP) is 5.93. The number of ether oxygens (including phenoxy) is 1. The van der Waals surface area contributed by atoms with Crippen LogP contribution in [0.15, 0.2) is 66.6 Å². The molecular formula is C29H35N3O2. The molecule has 3 aromatic rings. The van der Waals surface area contributed by atoms with E-state index >= 15 is 0 Å². The van der Waals surface area contributed by atoms with E-state index in [1.54, 1.807) is 12.4 Å². The second-order valence-electron chi connectivity index (χ2n) is 10.3. The van der Waals surface area contributed by atoms with Crippen molar-refractivity contribution in [2.75, 3.05) is 6.61 Å². The highest BCUT2D eigenvalue weighted by atomic mass is 16.5. The molecule has 2 aliphatic carbocycles. The van der Waals surface area contributed by atoms with Gasteiger partial charge in [0.2, 0.25) is 0 Å². The van der Waals surface area contributed by atoms with Gasteiger partial charge in [0.25, 0.3) is 0 Å². The first-order valence-corrected chi connectivity index (χ1v) is 12.5. The van der Waals surface area contributed by atoms with Gasteiger partial charge in [0.15, 0.2) is 0 Å². The van der Waals surface area contributed by atoms with Gasteiger partial charge in [0.05, 0.1) is 36.4 Å². The number of benzene rings is 1. The molecule has 0 aliphatic heterocycles. The summed E-state index contributed by atoms with van der Waals surface area (Å²) in [6.45, 7) is 7.33. The molecule has 5 rings (SSSR count). The minimum atomic E-state index is -0.571. The lowest BCUT2D eigenvalue weighted by atomic mass is 9.59. The highest BCUT2D eigenvalue weighted by molar-refractivity contribution is 5.62. The summed E-state index contributed by atoms with van der Waals surface area (Å²) >= 11 is 0. The van der Waals surface area contributed by atoms with Gasteiger partial charge < -0.3 is 9.84 Å². The first kappa shape index (κ1) is 23.0. The predicted molar refractivity (Wildman–Crippen MR) is 135 cm³/mol. The molecule has 0 spiro atoms. The van der Waals surface area contributed by atoms with Crippen molar-refractivity contribution in [2.24, 2.45) is 10.8 Å². The number of pyridine rings is 1. The van der Waals surface area contributed by atoms with E-state index in [4.69, 9.17) is 9.84 Å². The summed E-state index contributed by atoms with van der Waals surface area (Å²) in [5.41, 5.74) is 5.60. The zero-order chi connectivity index (χ0) is 23.8. The molecular weight excluding hydrogens is 422 g/mol. The van der Waals surface area contributed by atoms with E-state index in [1.165, 1.54) is 16.8 Å². The van der Waals surface area contributed by atoms with E-state index < -0.39 is 6.10 Å². The maximum Gasteiger partial charge on any atom is 0.0811 e. The van der Waals surface area contributed by atoms with Crippen molar-refractivity contribution in [1.29, 1.82) is 0 Å². The molecule has 178 valence electrons. The second-order valence-corrected chi connectivity index (χ2v) is 10.3. The first-order valence-electron chi connectivity index (χ1n) is 12.5. The van der Waals surface area contributed by atoms with Crippen LogP contribution in [0.4, 0.5) is 0 Å². The van der Waals surface area contributed by atoms with Crippen molar-refractivity contribution >= 4 is 6.08 Å². The standard InChI is InChI=1S/C29H35N3O2/c1-4-21(2)34-20-29(17-27(33)22-9-8-14-30-18-22)13-12-24-15-26-23(16-28(24,29)3)19-31-32(26)25-10-6-5-7-11-25/h5-11,14-15,18-19,21,27,33H,4,12-13,16-17,20H2,1-3H3. The fourth-order valence-electron chi connectivity index (χ4n) is 5.90. The Morgan fingerprint density at radius 2 is 1.97 bits per heavy atom. The van der Waals surface area contributed by atoms with Gasteiger partial charge in [-0.1, -0.05) is 43.7 Å². The molecule has 0 saturated heterocycles. The number of aliphatic hydroxyl groups excluding tert-OH is 1. The molecule has 4 atom stereocenters. The van der Waals surface area contributed by atoms with Gasteiger partial charge in [0, 0.05) is 23.2 Å². The molecule has 34 heavy (non-hydrogen) atoms. The van der Waals surface area contributed by atoms with Crippen LogP contribution in [0.1, 0.15) is 69.4 Å². The Morgan fingerprint density at radius 1 is 1.15 bits per heavy atom. The normalized spacial score (nSPS) is 25.4. The highest BCUT2D eigenvalue weighted by Gasteiger charge is 2.56. The van der Waals surface area contributed by atoms with E-state index in [0.29, 0.717) is 13.0 Å². The van der Waals surface area contributed by atoms with Crippen molar-refractivity contribution in [1.82, 2.24) is 14.8 Å². The summed E-state index contributed by atoms with van der Waals surface area (Å²) in [4.78, 5) is 4.24. The number of nitrogens with zero attached hydrogens (tertiary/aromatic N) is 3. The van der Waals surface area contributed by atoms with Crippen molar-refractivity contribution in [2.45, 2.75) is 65.1 Å². The van der Waals surface area contributed by atoms with Gasteiger partial charge in [-0.3, -0.25) is 4.98 Å². The summed E-state index contributed by atoms with van der Waals surface area (Å²) in [6, 6.07) is 14.2. The highest BCUT2D eigenvalue weighted by Crippen LogP contribution is 2.63. The van der Waals surface area contributed by atoms with E-state index in [-0.39, 0.29) is 16.9 Å². The summed E-state index contributed by atoms with van der Waals surface area (Å²) in [7, 11) is 0. The Balaban J connectivity index is 1.51. The zero-order valence-corrected chi connectivity index (χ0v) is 20.4. The minimum absolute atomic E-state index is 0.0960.